The Labute approximate surface area is 133 Å². The summed E-state index contributed by atoms with van der Waals surface area (Å²) in [5.41, 5.74) is 1.95. The quantitative estimate of drug-likeness (QED) is 0.911. The van der Waals surface area contributed by atoms with Gasteiger partial charge in [0, 0.05) is 25.7 Å². The van der Waals surface area contributed by atoms with E-state index in [-0.39, 0.29) is 12.1 Å². The van der Waals surface area contributed by atoms with Crippen LogP contribution in [-0.2, 0) is 4.74 Å². The van der Waals surface area contributed by atoms with E-state index in [0.29, 0.717) is 13.1 Å². The number of benzene rings is 1. The second-order valence-corrected chi connectivity index (χ2v) is 6.73. The molecule has 1 atom stereocenters. The van der Waals surface area contributed by atoms with Gasteiger partial charge in [0.2, 0.25) is 0 Å². The first kappa shape index (κ1) is 16.6. The van der Waals surface area contributed by atoms with Crippen molar-refractivity contribution in [3.63, 3.8) is 0 Å². The van der Waals surface area contributed by atoms with Gasteiger partial charge in [-0.2, -0.15) is 0 Å². The molecule has 0 spiro atoms. The Hall–Kier alpha value is -1.81. The van der Waals surface area contributed by atoms with E-state index in [1.165, 1.54) is 11.1 Å². The van der Waals surface area contributed by atoms with E-state index in [9.17, 15) is 4.79 Å². The Morgan fingerprint density at radius 2 is 2.00 bits per heavy atom. The minimum Gasteiger partial charge on any atom is -0.444 e. The minimum atomic E-state index is -0.452. The van der Waals surface area contributed by atoms with Crippen molar-refractivity contribution in [2.45, 2.75) is 39.3 Å². The predicted octanol–water partition coefficient (Wildman–Crippen LogP) is 3.30. The van der Waals surface area contributed by atoms with E-state index in [1.54, 1.807) is 4.90 Å². The molecule has 1 unspecified atom stereocenters. The summed E-state index contributed by atoms with van der Waals surface area (Å²) in [6, 6.07) is 10.4. The Morgan fingerprint density at radius 1 is 1.32 bits per heavy atom. The van der Waals surface area contributed by atoms with Gasteiger partial charge in [0.1, 0.15) is 5.60 Å². The lowest BCUT2D eigenvalue weighted by atomic mass is 10.0. The molecule has 0 saturated carbocycles. The number of ether oxygens (including phenoxy) is 1. The molecule has 0 radical (unpaired) electrons. The molecule has 4 heteroatoms. The summed E-state index contributed by atoms with van der Waals surface area (Å²) >= 11 is 0. The SMILES string of the molecule is C/C(=C\c1ccccc1)C1CN(C(=O)OC(C)(C)C)CCN1. The van der Waals surface area contributed by atoms with Crippen molar-refractivity contribution in [3.05, 3.63) is 41.5 Å². The highest BCUT2D eigenvalue weighted by molar-refractivity contribution is 5.68. The van der Waals surface area contributed by atoms with Crippen LogP contribution in [-0.4, -0.2) is 42.3 Å². The van der Waals surface area contributed by atoms with Crippen molar-refractivity contribution < 1.29 is 9.53 Å². The van der Waals surface area contributed by atoms with Crippen molar-refractivity contribution in [3.8, 4) is 0 Å². The zero-order chi connectivity index (χ0) is 16.2. The second kappa shape index (κ2) is 6.97. The monoisotopic (exact) mass is 302 g/mol. The zero-order valence-electron chi connectivity index (χ0n) is 13.9. The van der Waals surface area contributed by atoms with Gasteiger partial charge in [0.25, 0.3) is 0 Å². The fraction of sp³-hybridized carbons (Fsp3) is 0.500. The van der Waals surface area contributed by atoms with Gasteiger partial charge in [0.15, 0.2) is 0 Å². The first-order chi connectivity index (χ1) is 10.3. The van der Waals surface area contributed by atoms with Crippen LogP contribution in [0.1, 0.15) is 33.3 Å². The average molecular weight is 302 g/mol. The van der Waals surface area contributed by atoms with Crippen LogP contribution in [0.25, 0.3) is 6.08 Å². The summed E-state index contributed by atoms with van der Waals surface area (Å²) in [5.74, 6) is 0. The third-order valence-corrected chi connectivity index (χ3v) is 3.57. The molecule has 1 heterocycles. The fourth-order valence-electron chi connectivity index (χ4n) is 2.46. The summed E-state index contributed by atoms with van der Waals surface area (Å²) in [6.07, 6.45) is 1.93. The number of rotatable bonds is 2. The molecule has 1 saturated heterocycles. The summed E-state index contributed by atoms with van der Waals surface area (Å²) in [4.78, 5) is 14.0. The number of carbonyl (C=O) groups excluding carboxylic acids is 1. The van der Waals surface area contributed by atoms with Gasteiger partial charge in [-0.25, -0.2) is 4.79 Å². The second-order valence-electron chi connectivity index (χ2n) is 6.73. The summed E-state index contributed by atoms with van der Waals surface area (Å²) in [5, 5.41) is 3.47. The fourth-order valence-corrected chi connectivity index (χ4v) is 2.46. The minimum absolute atomic E-state index is 0.168. The molecule has 0 bridgehead atoms. The van der Waals surface area contributed by atoms with Gasteiger partial charge in [-0.1, -0.05) is 42.0 Å². The molecule has 120 valence electrons. The van der Waals surface area contributed by atoms with E-state index >= 15 is 0 Å². The van der Waals surface area contributed by atoms with E-state index < -0.39 is 5.60 Å². The standard InChI is InChI=1S/C18H26N2O2/c1-14(12-15-8-6-5-7-9-15)16-13-20(11-10-19-16)17(21)22-18(2,3)4/h5-9,12,16,19H,10-11,13H2,1-4H3/b14-12+. The lowest BCUT2D eigenvalue weighted by molar-refractivity contribution is 0.0207. The molecule has 1 aromatic rings. The molecule has 2 rings (SSSR count). The summed E-state index contributed by atoms with van der Waals surface area (Å²) in [6.45, 7) is 9.89. The van der Waals surface area contributed by atoms with Gasteiger partial charge in [-0.15, -0.1) is 0 Å². The van der Waals surface area contributed by atoms with Crippen LogP contribution in [0.3, 0.4) is 0 Å². The average Bonchev–Trinajstić information content (AvgIpc) is 2.46. The lowest BCUT2D eigenvalue weighted by Crippen LogP contribution is -2.53. The Bertz CT molecular complexity index is 532. The molecular weight excluding hydrogens is 276 g/mol. The normalized spacial score (nSPS) is 19.9. The van der Waals surface area contributed by atoms with Crippen LogP contribution < -0.4 is 5.32 Å². The van der Waals surface area contributed by atoms with Gasteiger partial charge in [0.05, 0.1) is 0 Å². The van der Waals surface area contributed by atoms with Crippen LogP contribution in [0.4, 0.5) is 4.79 Å². The summed E-state index contributed by atoms with van der Waals surface area (Å²) < 4.78 is 5.46. The predicted molar refractivity (Wildman–Crippen MR) is 89.7 cm³/mol. The number of piperazine rings is 1. The molecule has 1 fully saturated rings. The number of hydrogen-bond acceptors (Lipinski definition) is 3. The first-order valence-electron chi connectivity index (χ1n) is 7.80. The number of amides is 1. The van der Waals surface area contributed by atoms with Crippen LogP contribution in [0.15, 0.2) is 35.9 Å². The molecule has 1 amide bonds. The van der Waals surface area contributed by atoms with Crippen LogP contribution >= 0.6 is 0 Å². The van der Waals surface area contributed by atoms with E-state index in [0.717, 1.165) is 6.54 Å². The maximum atomic E-state index is 12.2. The third-order valence-electron chi connectivity index (χ3n) is 3.57. The largest absolute Gasteiger partial charge is 0.444 e. The maximum Gasteiger partial charge on any atom is 0.410 e. The smallest absolute Gasteiger partial charge is 0.410 e. The number of nitrogens with zero attached hydrogens (tertiary/aromatic N) is 1. The zero-order valence-corrected chi connectivity index (χ0v) is 13.9. The van der Waals surface area contributed by atoms with Crippen molar-refractivity contribution in [2.75, 3.05) is 19.6 Å². The van der Waals surface area contributed by atoms with Gasteiger partial charge in [-0.3, -0.25) is 0 Å². The highest BCUT2D eigenvalue weighted by atomic mass is 16.6. The number of hydrogen-bond donors (Lipinski definition) is 1. The van der Waals surface area contributed by atoms with Crippen molar-refractivity contribution in [1.82, 2.24) is 10.2 Å². The first-order valence-corrected chi connectivity index (χ1v) is 7.80. The Morgan fingerprint density at radius 3 is 2.64 bits per heavy atom. The van der Waals surface area contributed by atoms with Gasteiger partial charge >= 0.3 is 6.09 Å². The van der Waals surface area contributed by atoms with Crippen LogP contribution in [0.5, 0.6) is 0 Å². The van der Waals surface area contributed by atoms with E-state index in [4.69, 9.17) is 4.74 Å². The Kier molecular flexibility index (Phi) is 5.24. The number of nitrogens with one attached hydrogen (secondary N) is 1. The Balaban J connectivity index is 2.01. The molecule has 1 aliphatic rings. The van der Waals surface area contributed by atoms with Crippen LogP contribution in [0, 0.1) is 0 Å². The summed E-state index contributed by atoms with van der Waals surface area (Å²) in [7, 11) is 0. The topological polar surface area (TPSA) is 41.6 Å². The highest BCUT2D eigenvalue weighted by Gasteiger charge is 2.27. The van der Waals surface area contributed by atoms with Crippen molar-refractivity contribution >= 4 is 12.2 Å². The molecular formula is C18H26N2O2. The van der Waals surface area contributed by atoms with E-state index in [1.807, 2.05) is 39.0 Å². The maximum absolute atomic E-state index is 12.2. The molecule has 4 nitrogen and oxygen atoms in total. The molecule has 0 aliphatic carbocycles. The van der Waals surface area contributed by atoms with E-state index in [2.05, 4.69) is 30.4 Å². The molecule has 0 aromatic heterocycles. The van der Waals surface area contributed by atoms with Crippen LogP contribution in [0.2, 0.25) is 0 Å². The molecule has 1 aliphatic heterocycles. The molecule has 1 N–H and O–H groups in total. The third kappa shape index (κ3) is 4.88. The highest BCUT2D eigenvalue weighted by Crippen LogP contribution is 2.15. The lowest BCUT2D eigenvalue weighted by Gasteiger charge is -2.35. The number of carbonyl (C=O) groups is 1. The van der Waals surface area contributed by atoms with Gasteiger partial charge < -0.3 is 15.0 Å². The molecule has 22 heavy (non-hydrogen) atoms. The van der Waals surface area contributed by atoms with Crippen molar-refractivity contribution in [2.24, 2.45) is 0 Å². The van der Waals surface area contributed by atoms with Gasteiger partial charge in [-0.05, 0) is 33.3 Å². The van der Waals surface area contributed by atoms with Crippen molar-refractivity contribution in [1.29, 1.82) is 0 Å². The molecule has 1 aromatic carbocycles.